The summed E-state index contributed by atoms with van der Waals surface area (Å²) in [5.41, 5.74) is 1.53. The molecule has 0 unspecified atom stereocenters. The van der Waals surface area contributed by atoms with Crippen LogP contribution in [0.2, 0.25) is 0 Å². The van der Waals surface area contributed by atoms with Gasteiger partial charge in [0.05, 0.1) is 0 Å². The third kappa shape index (κ3) is 3.54. The van der Waals surface area contributed by atoms with E-state index in [1.807, 2.05) is 12.1 Å². The quantitative estimate of drug-likeness (QED) is 0.863. The number of hydrogen-bond acceptors (Lipinski definition) is 5. The molecule has 0 saturated heterocycles. The lowest BCUT2D eigenvalue weighted by molar-refractivity contribution is 0.102. The van der Waals surface area contributed by atoms with E-state index >= 15 is 0 Å². The van der Waals surface area contributed by atoms with Crippen LogP contribution in [-0.2, 0) is 0 Å². The number of benzene rings is 1. The zero-order chi connectivity index (χ0) is 13.7. The van der Waals surface area contributed by atoms with Crippen molar-refractivity contribution >= 4 is 17.6 Å². The molecule has 0 radical (unpaired) electrons. The molecule has 2 N–H and O–H groups in total. The van der Waals surface area contributed by atoms with Crippen molar-refractivity contribution in [3.8, 4) is 0 Å². The molecular formula is C13H16N4O2. The van der Waals surface area contributed by atoms with Crippen LogP contribution in [0.3, 0.4) is 0 Å². The van der Waals surface area contributed by atoms with E-state index in [1.54, 1.807) is 19.1 Å². The first-order valence-corrected chi connectivity index (χ1v) is 6.14. The van der Waals surface area contributed by atoms with E-state index in [2.05, 4.69) is 27.7 Å². The Morgan fingerprint density at radius 3 is 2.63 bits per heavy atom. The van der Waals surface area contributed by atoms with Crippen LogP contribution in [0.25, 0.3) is 0 Å². The van der Waals surface area contributed by atoms with E-state index in [0.717, 1.165) is 18.7 Å². The Bertz CT molecular complexity index is 548. The average molecular weight is 260 g/mol. The van der Waals surface area contributed by atoms with Gasteiger partial charge in [0.2, 0.25) is 0 Å². The lowest BCUT2D eigenvalue weighted by Crippen LogP contribution is -2.12. The van der Waals surface area contributed by atoms with Crippen molar-refractivity contribution in [3.63, 3.8) is 0 Å². The molecule has 1 aromatic carbocycles. The summed E-state index contributed by atoms with van der Waals surface area (Å²) in [6, 6.07) is 7.33. The van der Waals surface area contributed by atoms with Gasteiger partial charge in [0, 0.05) is 17.8 Å². The number of aromatic nitrogens is 2. The Kier molecular flexibility index (Phi) is 4.12. The third-order valence-corrected chi connectivity index (χ3v) is 2.47. The Morgan fingerprint density at radius 2 is 2.05 bits per heavy atom. The number of hydrogen-bond donors (Lipinski definition) is 2. The van der Waals surface area contributed by atoms with E-state index < -0.39 is 0 Å². The van der Waals surface area contributed by atoms with E-state index in [9.17, 15) is 4.79 Å². The molecule has 0 fully saturated rings. The smallest absolute Gasteiger partial charge is 0.328 e. The van der Waals surface area contributed by atoms with Gasteiger partial charge in [0.1, 0.15) is 0 Å². The highest BCUT2D eigenvalue weighted by Gasteiger charge is 2.10. The number of carbonyl (C=O) groups is 1. The summed E-state index contributed by atoms with van der Waals surface area (Å²) in [7, 11) is 0. The molecule has 19 heavy (non-hydrogen) atoms. The Hall–Kier alpha value is -2.37. The van der Waals surface area contributed by atoms with Gasteiger partial charge in [-0.3, -0.25) is 10.1 Å². The fourth-order valence-electron chi connectivity index (χ4n) is 1.53. The fourth-order valence-corrected chi connectivity index (χ4v) is 1.53. The van der Waals surface area contributed by atoms with Gasteiger partial charge in [-0.05, 0) is 37.6 Å². The highest BCUT2D eigenvalue weighted by atomic mass is 16.5. The normalized spacial score (nSPS) is 10.2. The van der Waals surface area contributed by atoms with Gasteiger partial charge in [-0.2, -0.15) is 4.98 Å². The molecule has 1 amide bonds. The number of anilines is 2. The van der Waals surface area contributed by atoms with Crippen LogP contribution in [0.1, 0.15) is 29.5 Å². The number of nitrogens with one attached hydrogen (secondary N) is 2. The molecule has 0 spiro atoms. The first kappa shape index (κ1) is 13.1. The molecule has 0 aliphatic heterocycles. The molecule has 6 nitrogen and oxygen atoms in total. The molecular weight excluding hydrogens is 244 g/mol. The van der Waals surface area contributed by atoms with Crippen molar-refractivity contribution in [1.82, 2.24) is 10.1 Å². The molecule has 0 bridgehead atoms. The van der Waals surface area contributed by atoms with Crippen molar-refractivity contribution in [3.05, 3.63) is 35.7 Å². The lowest BCUT2D eigenvalue weighted by Gasteiger charge is -2.05. The molecule has 6 heteroatoms. The van der Waals surface area contributed by atoms with Crippen LogP contribution in [-0.4, -0.2) is 22.6 Å². The second-order valence-electron chi connectivity index (χ2n) is 4.10. The zero-order valence-corrected chi connectivity index (χ0v) is 10.9. The van der Waals surface area contributed by atoms with Crippen molar-refractivity contribution in [1.29, 1.82) is 0 Å². The summed E-state index contributed by atoms with van der Waals surface area (Å²) in [5, 5.41) is 9.38. The third-order valence-electron chi connectivity index (χ3n) is 2.47. The molecule has 1 aromatic heterocycles. The van der Waals surface area contributed by atoms with Gasteiger partial charge in [0.15, 0.2) is 5.82 Å². The van der Waals surface area contributed by atoms with E-state index in [-0.39, 0.29) is 11.9 Å². The van der Waals surface area contributed by atoms with Crippen LogP contribution in [0.4, 0.5) is 11.7 Å². The van der Waals surface area contributed by atoms with Gasteiger partial charge >= 0.3 is 6.01 Å². The first-order chi connectivity index (χ1) is 9.19. The summed E-state index contributed by atoms with van der Waals surface area (Å²) in [6.45, 7) is 4.70. The molecule has 0 aliphatic rings. The largest absolute Gasteiger partial charge is 0.385 e. The Balaban J connectivity index is 1.99. The van der Waals surface area contributed by atoms with Crippen LogP contribution < -0.4 is 10.6 Å². The summed E-state index contributed by atoms with van der Waals surface area (Å²) in [4.78, 5) is 15.8. The van der Waals surface area contributed by atoms with Crippen molar-refractivity contribution in [2.24, 2.45) is 0 Å². The van der Waals surface area contributed by atoms with Crippen LogP contribution in [0.5, 0.6) is 0 Å². The highest BCUT2D eigenvalue weighted by molar-refractivity contribution is 6.03. The summed E-state index contributed by atoms with van der Waals surface area (Å²) in [5.74, 6) is 0.208. The molecule has 2 aromatic rings. The van der Waals surface area contributed by atoms with Crippen molar-refractivity contribution < 1.29 is 9.32 Å². The molecule has 1 heterocycles. The maximum Gasteiger partial charge on any atom is 0.328 e. The molecule has 0 saturated carbocycles. The van der Waals surface area contributed by atoms with Crippen LogP contribution in [0.15, 0.2) is 28.8 Å². The van der Waals surface area contributed by atoms with Gasteiger partial charge in [0.25, 0.3) is 5.91 Å². The van der Waals surface area contributed by atoms with Crippen molar-refractivity contribution in [2.45, 2.75) is 20.3 Å². The molecule has 0 atom stereocenters. The monoisotopic (exact) mass is 260 g/mol. The second kappa shape index (κ2) is 5.99. The van der Waals surface area contributed by atoms with E-state index in [1.165, 1.54) is 0 Å². The maximum absolute atomic E-state index is 11.9. The minimum absolute atomic E-state index is 0.107. The highest BCUT2D eigenvalue weighted by Crippen LogP contribution is 2.11. The molecule has 2 rings (SSSR count). The van der Waals surface area contributed by atoms with Crippen LogP contribution in [0, 0.1) is 6.92 Å². The van der Waals surface area contributed by atoms with E-state index in [0.29, 0.717) is 11.4 Å². The number of aryl methyl sites for hydroxylation is 1. The van der Waals surface area contributed by atoms with Gasteiger partial charge in [-0.15, -0.1) is 0 Å². The first-order valence-electron chi connectivity index (χ1n) is 6.14. The zero-order valence-electron chi connectivity index (χ0n) is 10.9. The summed E-state index contributed by atoms with van der Waals surface area (Å²) < 4.78 is 4.83. The van der Waals surface area contributed by atoms with Gasteiger partial charge in [-0.1, -0.05) is 12.1 Å². The minimum Gasteiger partial charge on any atom is -0.385 e. The maximum atomic E-state index is 11.9. The van der Waals surface area contributed by atoms with E-state index in [4.69, 9.17) is 4.52 Å². The number of rotatable bonds is 5. The second-order valence-corrected chi connectivity index (χ2v) is 4.10. The molecule has 0 aliphatic carbocycles. The lowest BCUT2D eigenvalue weighted by atomic mass is 10.2. The number of amides is 1. The predicted octanol–water partition coefficient (Wildman–Crippen LogP) is 2.45. The van der Waals surface area contributed by atoms with Gasteiger partial charge in [-0.25, -0.2) is 0 Å². The Morgan fingerprint density at radius 1 is 1.32 bits per heavy atom. The topological polar surface area (TPSA) is 80.0 Å². The minimum atomic E-state index is -0.273. The fraction of sp³-hybridized carbons (Fsp3) is 0.308. The van der Waals surface area contributed by atoms with Crippen LogP contribution >= 0.6 is 0 Å². The SMILES string of the molecule is CCCNc1ccc(C(=O)Nc2nc(C)no2)cc1. The number of carbonyl (C=O) groups excluding carboxylic acids is 1. The Labute approximate surface area is 111 Å². The van der Waals surface area contributed by atoms with Gasteiger partial charge < -0.3 is 9.84 Å². The summed E-state index contributed by atoms with van der Waals surface area (Å²) >= 11 is 0. The number of nitrogens with zero attached hydrogens (tertiary/aromatic N) is 2. The standard InChI is InChI=1S/C13H16N4O2/c1-3-8-14-11-6-4-10(5-7-11)12(18)16-13-15-9(2)17-19-13/h4-7,14H,3,8H2,1-2H3,(H,15,16,17,18). The van der Waals surface area contributed by atoms with Crippen molar-refractivity contribution in [2.75, 3.05) is 17.2 Å². The average Bonchev–Trinajstić information content (AvgIpc) is 2.82. The summed E-state index contributed by atoms with van der Waals surface area (Å²) in [6.07, 6.45) is 1.05. The molecule has 100 valence electrons. The predicted molar refractivity (Wildman–Crippen MR) is 72.2 cm³/mol.